The number of sulfonamides is 1. The molecule has 1 atom stereocenters. The Kier molecular flexibility index (Phi) is 4.86. The number of imide groups is 1. The van der Waals surface area contributed by atoms with E-state index >= 15 is 0 Å². The van der Waals surface area contributed by atoms with Crippen molar-refractivity contribution in [1.29, 1.82) is 0 Å². The van der Waals surface area contributed by atoms with Gasteiger partial charge < -0.3 is 5.32 Å². The van der Waals surface area contributed by atoms with E-state index in [1.54, 1.807) is 30.3 Å². The van der Waals surface area contributed by atoms with Crippen LogP contribution in [-0.2, 0) is 14.8 Å². The highest BCUT2D eigenvalue weighted by atomic mass is 35.5. The summed E-state index contributed by atoms with van der Waals surface area (Å²) in [5.74, 6) is -0.320. The summed E-state index contributed by atoms with van der Waals surface area (Å²) in [5.41, 5.74) is 1.63. The molecule has 0 bridgehead atoms. The second-order valence-electron chi connectivity index (χ2n) is 6.76. The summed E-state index contributed by atoms with van der Waals surface area (Å²) in [6.07, 6.45) is 0.426. The number of amides is 3. The van der Waals surface area contributed by atoms with Crippen LogP contribution in [0.5, 0.6) is 0 Å². The van der Waals surface area contributed by atoms with Crippen LogP contribution < -0.4 is 5.32 Å². The van der Waals surface area contributed by atoms with Crippen LogP contribution in [0.4, 0.5) is 4.79 Å². The zero-order valence-corrected chi connectivity index (χ0v) is 16.4. The largest absolute Gasteiger partial charge is 0.329 e. The van der Waals surface area contributed by atoms with E-state index in [0.717, 1.165) is 16.0 Å². The molecule has 0 aromatic heterocycles. The van der Waals surface area contributed by atoms with E-state index in [9.17, 15) is 18.0 Å². The molecule has 28 heavy (non-hydrogen) atoms. The molecule has 146 valence electrons. The zero-order chi connectivity index (χ0) is 19.9. The van der Waals surface area contributed by atoms with Crippen molar-refractivity contribution in [1.82, 2.24) is 14.5 Å². The van der Waals surface area contributed by atoms with Crippen LogP contribution in [0.3, 0.4) is 0 Å². The third-order valence-electron chi connectivity index (χ3n) is 5.02. The van der Waals surface area contributed by atoms with Gasteiger partial charge in [-0.3, -0.25) is 9.69 Å². The molecule has 1 N–H and O–H groups in total. The van der Waals surface area contributed by atoms with Crippen molar-refractivity contribution < 1.29 is 18.0 Å². The van der Waals surface area contributed by atoms with Gasteiger partial charge in [-0.05, 0) is 41.8 Å². The number of benzene rings is 2. The Hall–Kier alpha value is -2.42. The number of urea groups is 1. The van der Waals surface area contributed by atoms with Crippen LogP contribution in [0.15, 0.2) is 53.4 Å². The van der Waals surface area contributed by atoms with Gasteiger partial charge in [-0.1, -0.05) is 35.9 Å². The van der Waals surface area contributed by atoms with E-state index < -0.39 is 22.1 Å². The van der Waals surface area contributed by atoms with Crippen LogP contribution in [0.1, 0.15) is 6.42 Å². The topological polar surface area (TPSA) is 86.8 Å². The normalized spacial score (nSPS) is 20.6. The summed E-state index contributed by atoms with van der Waals surface area (Å²) in [5, 5.41) is 3.08. The van der Waals surface area contributed by atoms with E-state index in [1.165, 1.54) is 4.31 Å². The minimum absolute atomic E-state index is 0.0365. The second-order valence-corrected chi connectivity index (χ2v) is 9.14. The van der Waals surface area contributed by atoms with E-state index in [2.05, 4.69) is 5.32 Å². The van der Waals surface area contributed by atoms with Crippen LogP contribution in [0.2, 0.25) is 5.02 Å². The van der Waals surface area contributed by atoms with Crippen LogP contribution >= 0.6 is 11.6 Å². The molecule has 0 spiro atoms. The summed E-state index contributed by atoms with van der Waals surface area (Å²) in [6, 6.07) is 13.0. The Morgan fingerprint density at radius 3 is 2.46 bits per heavy atom. The third-order valence-corrected chi connectivity index (χ3v) is 7.13. The number of nitrogens with zero attached hydrogens (tertiary/aromatic N) is 2. The molecule has 0 aliphatic carbocycles. The minimum Gasteiger partial charge on any atom is -0.329 e. The van der Waals surface area contributed by atoms with Gasteiger partial charge in [-0.25, -0.2) is 13.2 Å². The fourth-order valence-electron chi connectivity index (χ4n) is 3.57. The smallest absolute Gasteiger partial charge is 0.324 e. The van der Waals surface area contributed by atoms with Gasteiger partial charge in [0.25, 0.3) is 0 Å². The first-order chi connectivity index (χ1) is 13.4. The van der Waals surface area contributed by atoms with Gasteiger partial charge in [0, 0.05) is 18.1 Å². The van der Waals surface area contributed by atoms with E-state index in [1.807, 2.05) is 18.2 Å². The summed E-state index contributed by atoms with van der Waals surface area (Å²) in [6.45, 7) is 0.327. The predicted molar refractivity (Wildman–Crippen MR) is 104 cm³/mol. The van der Waals surface area contributed by atoms with Crippen molar-refractivity contribution >= 4 is 33.6 Å². The number of hydrogen-bond donors (Lipinski definition) is 1. The van der Waals surface area contributed by atoms with Crippen molar-refractivity contribution in [2.75, 3.05) is 19.6 Å². The van der Waals surface area contributed by atoms with Gasteiger partial charge in [-0.15, -0.1) is 0 Å². The Morgan fingerprint density at radius 1 is 1.04 bits per heavy atom. The SMILES string of the molecule is O=C1CNC(=O)N1C1CCN(S(=O)(=O)c2cccc(-c3ccc(Cl)cc3)c2)C1. The molecular weight excluding hydrogens is 402 g/mol. The Bertz CT molecular complexity index is 1020. The Labute approximate surface area is 167 Å². The van der Waals surface area contributed by atoms with Crippen molar-refractivity contribution in [2.24, 2.45) is 0 Å². The van der Waals surface area contributed by atoms with E-state index in [-0.39, 0.29) is 30.4 Å². The highest BCUT2D eigenvalue weighted by Gasteiger charge is 2.41. The molecule has 2 aliphatic heterocycles. The van der Waals surface area contributed by atoms with Gasteiger partial charge >= 0.3 is 6.03 Å². The molecular formula is C19H18ClN3O4S. The summed E-state index contributed by atoms with van der Waals surface area (Å²) >= 11 is 5.92. The maximum atomic E-state index is 13.1. The van der Waals surface area contributed by atoms with Crippen LogP contribution in [-0.4, -0.2) is 55.2 Å². The fourth-order valence-corrected chi connectivity index (χ4v) is 5.24. The molecule has 3 amide bonds. The quantitative estimate of drug-likeness (QED) is 0.770. The summed E-state index contributed by atoms with van der Waals surface area (Å²) < 4.78 is 27.5. The first-order valence-corrected chi connectivity index (χ1v) is 10.6. The van der Waals surface area contributed by atoms with Gasteiger partial charge in [0.2, 0.25) is 15.9 Å². The van der Waals surface area contributed by atoms with Crippen molar-refractivity contribution in [3.05, 3.63) is 53.6 Å². The van der Waals surface area contributed by atoms with Gasteiger partial charge in [0.1, 0.15) is 0 Å². The lowest BCUT2D eigenvalue weighted by Crippen LogP contribution is -2.42. The molecule has 0 saturated carbocycles. The molecule has 9 heteroatoms. The molecule has 1 unspecified atom stereocenters. The predicted octanol–water partition coefficient (Wildman–Crippen LogP) is 2.32. The van der Waals surface area contributed by atoms with Crippen LogP contribution in [0.25, 0.3) is 11.1 Å². The van der Waals surface area contributed by atoms with Gasteiger partial charge in [0.15, 0.2) is 0 Å². The average Bonchev–Trinajstić information content (AvgIpc) is 3.29. The lowest BCUT2D eigenvalue weighted by molar-refractivity contribution is -0.126. The standard InChI is InChI=1S/C19H18ClN3O4S/c20-15-6-4-13(5-7-15)14-2-1-3-17(10-14)28(26,27)22-9-8-16(12-22)23-18(24)11-21-19(23)25/h1-7,10,16H,8-9,11-12H2,(H,21,25). The Morgan fingerprint density at radius 2 is 1.79 bits per heavy atom. The van der Waals surface area contributed by atoms with Crippen molar-refractivity contribution in [3.63, 3.8) is 0 Å². The fraction of sp³-hybridized carbons (Fsp3) is 0.263. The highest BCUT2D eigenvalue weighted by Crippen LogP contribution is 2.28. The third kappa shape index (κ3) is 3.39. The first kappa shape index (κ1) is 18.9. The molecule has 4 rings (SSSR count). The maximum absolute atomic E-state index is 13.1. The maximum Gasteiger partial charge on any atom is 0.324 e. The molecule has 0 radical (unpaired) electrons. The van der Waals surface area contributed by atoms with Crippen molar-refractivity contribution in [2.45, 2.75) is 17.4 Å². The van der Waals surface area contributed by atoms with Gasteiger partial charge in [0.05, 0.1) is 17.5 Å². The number of hydrogen-bond acceptors (Lipinski definition) is 4. The molecule has 2 aromatic rings. The number of halogens is 1. The summed E-state index contributed by atoms with van der Waals surface area (Å²) in [7, 11) is -3.74. The molecule has 2 heterocycles. The molecule has 2 aliphatic rings. The number of carbonyl (C=O) groups excluding carboxylic acids is 2. The van der Waals surface area contributed by atoms with Gasteiger partial charge in [-0.2, -0.15) is 4.31 Å². The van der Waals surface area contributed by atoms with E-state index in [4.69, 9.17) is 11.6 Å². The van der Waals surface area contributed by atoms with Crippen molar-refractivity contribution in [3.8, 4) is 11.1 Å². The van der Waals surface area contributed by atoms with E-state index in [0.29, 0.717) is 11.4 Å². The first-order valence-electron chi connectivity index (χ1n) is 8.82. The molecule has 7 nitrogen and oxygen atoms in total. The zero-order valence-electron chi connectivity index (χ0n) is 14.8. The van der Waals surface area contributed by atoms with Crippen LogP contribution in [0, 0.1) is 0 Å². The monoisotopic (exact) mass is 419 g/mol. The Balaban J connectivity index is 1.57. The number of nitrogens with one attached hydrogen (secondary N) is 1. The average molecular weight is 420 g/mol. The minimum atomic E-state index is -3.74. The number of rotatable bonds is 4. The molecule has 2 aromatic carbocycles. The lowest BCUT2D eigenvalue weighted by Gasteiger charge is -2.21. The summed E-state index contributed by atoms with van der Waals surface area (Å²) in [4.78, 5) is 25.0. The number of carbonyl (C=O) groups is 2. The lowest BCUT2D eigenvalue weighted by atomic mass is 10.1. The molecule has 2 saturated heterocycles. The molecule has 2 fully saturated rings. The second kappa shape index (κ2) is 7.20. The highest BCUT2D eigenvalue weighted by molar-refractivity contribution is 7.89.